The number of carbonyl (C=O) groups is 4. The Balaban J connectivity index is 0.000000128. The first kappa shape index (κ1) is 83.9. The third-order valence-electron chi connectivity index (χ3n) is 19.3. The molecule has 2 saturated heterocycles. The van der Waals surface area contributed by atoms with Gasteiger partial charge in [0.25, 0.3) is 23.6 Å². The average molecular weight is 1690 g/mol. The molecule has 0 saturated carbocycles. The molecule has 18 rings (SSSR count). The van der Waals surface area contributed by atoms with Crippen molar-refractivity contribution >= 4 is 46.4 Å². The number of nitrogens with one attached hydrogen (secondary N) is 8. The summed E-state index contributed by atoms with van der Waals surface area (Å²) in [6, 6.07) is 35.4. The second kappa shape index (κ2) is 39.8. The van der Waals surface area contributed by atoms with E-state index in [1.807, 2.05) is 90.2 Å². The van der Waals surface area contributed by atoms with Crippen LogP contribution in [0.4, 0.5) is 35.9 Å². The standard InChI is InChI=1S/C23H26N8O2.C22H23N7O3.C20H17F3N6O3.C19H18N6O2/c1-29-8-10-30(11-9-29)12-13-31-16-19(22(28-31)18-4-2-3-7-24-18)27-23(32)21-6-5-20(33-21)17-14-25-26-15-17;30-22(20-5-4-19(32-20)16-13-24-25-14-16)26-18-15-29(8-7-28-9-11-31-12-10-28)27-21(18)17-3-1-2-6-23-17;21-20(22,23)12-31-8-7-29-11-15(18(28-29)14-3-1-2-6-24-14)27-19(30)17-5-4-16(32-17)13-9-25-26-10-13;1-12(2)25-11-15(18(24-25)14-5-3-4-8-20-14)23-19(26)17-7-6-16(27-17)13-9-21-22-10-13/h2-7,14-16H,8-13H2,1H3,(H,25,26)(H,27,32);1-6,13-15H,7-12H2,(H,24,25)(H,26,30);1-6,9-11H,7-8,12H2,(H,25,26)(H,27,30);3-12H,1-2H3,(H,21,22)(H,23,26). The van der Waals surface area contributed by atoms with E-state index in [0.717, 1.165) is 88.8 Å². The van der Waals surface area contributed by atoms with Crippen LogP contribution in [0.5, 0.6) is 0 Å². The van der Waals surface area contributed by atoms with E-state index in [1.165, 1.54) is 16.9 Å². The number of hydrogen-bond acceptors (Lipinski definition) is 25. The van der Waals surface area contributed by atoms with Crippen molar-refractivity contribution in [1.82, 2.24) is 115 Å². The predicted octanol–water partition coefficient (Wildman–Crippen LogP) is 12.5. The number of H-pyrrole nitrogens is 4. The molecule has 636 valence electrons. The number of furan rings is 4. The second-order valence-corrected chi connectivity index (χ2v) is 28.5. The topological polar surface area (TPSA) is 435 Å². The first-order valence-corrected chi connectivity index (χ1v) is 39.4. The molecule has 18 heterocycles. The van der Waals surface area contributed by atoms with Gasteiger partial charge in [0.15, 0.2) is 23.0 Å². The van der Waals surface area contributed by atoms with Gasteiger partial charge in [0.2, 0.25) is 0 Å². The van der Waals surface area contributed by atoms with Gasteiger partial charge in [-0.15, -0.1) is 0 Å². The zero-order valence-corrected chi connectivity index (χ0v) is 67.2. The van der Waals surface area contributed by atoms with Crippen LogP contribution in [-0.2, 0) is 29.1 Å². The lowest BCUT2D eigenvalue weighted by Crippen LogP contribution is -2.45. The van der Waals surface area contributed by atoms with Crippen LogP contribution in [-0.4, -0.2) is 230 Å². The number of ether oxygens (including phenoxy) is 2. The van der Waals surface area contributed by atoms with Gasteiger partial charge in [-0.2, -0.15) is 54.0 Å². The molecule has 2 aliphatic rings. The number of hydrogen-bond donors (Lipinski definition) is 8. The maximum atomic E-state index is 12.9. The molecule has 0 bridgehead atoms. The van der Waals surface area contributed by atoms with Crippen molar-refractivity contribution in [2.45, 2.75) is 45.7 Å². The van der Waals surface area contributed by atoms with Gasteiger partial charge in [-0.3, -0.25) is 88.0 Å². The maximum Gasteiger partial charge on any atom is 0.411 e. The summed E-state index contributed by atoms with van der Waals surface area (Å²) >= 11 is 0. The molecule has 0 radical (unpaired) electrons. The van der Waals surface area contributed by atoms with Gasteiger partial charge < -0.3 is 53.3 Å². The van der Waals surface area contributed by atoms with Crippen molar-refractivity contribution in [3.8, 4) is 90.8 Å². The summed E-state index contributed by atoms with van der Waals surface area (Å²) in [5.74, 6) is 1.27. The third-order valence-corrected chi connectivity index (χ3v) is 19.3. The van der Waals surface area contributed by atoms with Gasteiger partial charge in [0.1, 0.15) is 52.4 Å². The Labute approximate surface area is 704 Å². The molecule has 8 N–H and O–H groups in total. The Kier molecular flexibility index (Phi) is 27.0. The fourth-order valence-corrected chi connectivity index (χ4v) is 12.9. The number of pyridine rings is 4. The molecule has 40 heteroatoms. The number of aromatic amines is 4. The van der Waals surface area contributed by atoms with E-state index in [4.69, 9.17) is 32.6 Å². The first-order valence-electron chi connectivity index (χ1n) is 39.4. The third kappa shape index (κ3) is 22.1. The number of alkyl halides is 3. The minimum Gasteiger partial charge on any atom is -0.451 e. The van der Waals surface area contributed by atoms with Crippen molar-refractivity contribution in [3.63, 3.8) is 0 Å². The first-order chi connectivity index (χ1) is 60.4. The van der Waals surface area contributed by atoms with Crippen molar-refractivity contribution in [3.05, 3.63) is 244 Å². The van der Waals surface area contributed by atoms with Crippen molar-refractivity contribution in [2.75, 3.05) is 107 Å². The molecule has 37 nitrogen and oxygen atoms in total. The number of likely N-dealkylation sites (N-methyl/N-ethyl adjacent to an activating group) is 1. The largest absolute Gasteiger partial charge is 0.451 e. The van der Waals surface area contributed by atoms with E-state index < -0.39 is 18.7 Å². The number of aromatic nitrogens is 20. The molecule has 0 spiro atoms. The normalized spacial score (nSPS) is 13.2. The van der Waals surface area contributed by atoms with E-state index >= 15 is 0 Å². The van der Waals surface area contributed by atoms with Crippen LogP contribution in [0.1, 0.15) is 62.1 Å². The molecule has 0 unspecified atom stereocenters. The number of anilines is 4. The highest BCUT2D eigenvalue weighted by atomic mass is 19.4. The van der Waals surface area contributed by atoms with E-state index in [0.29, 0.717) is 103 Å². The SMILES string of the molecule is CC(C)n1cc(NC(=O)c2ccc(-c3cn[nH]c3)o2)c(-c2ccccn2)n1.CN1CCN(CCn2cc(NC(=O)c3ccc(-c4cn[nH]c4)o3)c(-c3ccccn3)n2)CC1.O=C(Nc1cn(CCN2CCOCC2)nc1-c1ccccn1)c1ccc(-c2cn[nH]c2)o1.O=C(Nc1cn(CCOCC(F)(F)F)nc1-c1ccccn1)c1ccc(-c2cn[nH]c2)o1. The van der Waals surface area contributed by atoms with Crippen LogP contribution in [0.3, 0.4) is 0 Å². The van der Waals surface area contributed by atoms with Crippen molar-refractivity contribution < 1.29 is 59.5 Å². The molecule has 0 aromatic carbocycles. The highest BCUT2D eigenvalue weighted by Gasteiger charge is 2.29. The molecule has 124 heavy (non-hydrogen) atoms. The number of morpholine rings is 1. The fraction of sp³-hybridized carbons (Fsp3) is 0.238. The molecule has 2 fully saturated rings. The van der Waals surface area contributed by atoms with Gasteiger partial charge in [0.05, 0.1) is 132 Å². The molecule has 2 aliphatic heterocycles. The molecule has 4 amide bonds. The Morgan fingerprint density at radius 1 is 0.419 bits per heavy atom. The minimum absolute atomic E-state index is 0.0528. The Morgan fingerprint density at radius 2 is 0.750 bits per heavy atom. The summed E-state index contributed by atoms with van der Waals surface area (Å²) in [6.45, 7) is 13.3. The van der Waals surface area contributed by atoms with E-state index in [1.54, 1.807) is 146 Å². The number of piperazine rings is 1. The number of amides is 4. The van der Waals surface area contributed by atoms with Gasteiger partial charge in [-0.1, -0.05) is 24.3 Å². The molecule has 0 aliphatic carbocycles. The summed E-state index contributed by atoms with van der Waals surface area (Å²) < 4.78 is 76.3. The number of carbonyl (C=O) groups excluding carboxylic acids is 4. The van der Waals surface area contributed by atoms with Gasteiger partial charge in [0, 0.05) is 133 Å². The van der Waals surface area contributed by atoms with Gasteiger partial charge >= 0.3 is 6.18 Å². The summed E-state index contributed by atoms with van der Waals surface area (Å²) in [5.41, 5.74) is 9.85. The molecule has 0 atom stereocenters. The molecule has 16 aromatic heterocycles. The zero-order chi connectivity index (χ0) is 85.7. The molecular formula is C84H84F3N27O10. The van der Waals surface area contributed by atoms with Crippen LogP contribution in [0.15, 0.2) is 238 Å². The number of rotatable bonds is 27. The lowest BCUT2D eigenvalue weighted by atomic mass is 10.2. The highest BCUT2D eigenvalue weighted by molar-refractivity contribution is 6.07. The van der Waals surface area contributed by atoms with Crippen LogP contribution >= 0.6 is 0 Å². The van der Waals surface area contributed by atoms with Crippen molar-refractivity contribution in [1.29, 1.82) is 0 Å². The van der Waals surface area contributed by atoms with Crippen LogP contribution in [0.2, 0.25) is 0 Å². The Morgan fingerprint density at radius 3 is 1.06 bits per heavy atom. The van der Waals surface area contributed by atoms with Crippen LogP contribution in [0.25, 0.3) is 90.8 Å². The quantitative estimate of drug-likeness (QED) is 0.0222. The van der Waals surface area contributed by atoms with Gasteiger partial charge in [-0.05, 0) is 118 Å². The smallest absolute Gasteiger partial charge is 0.411 e. The summed E-state index contributed by atoms with van der Waals surface area (Å²) in [4.78, 5) is 75.7. The lowest BCUT2D eigenvalue weighted by molar-refractivity contribution is -0.174. The number of halogens is 3. The fourth-order valence-electron chi connectivity index (χ4n) is 12.9. The highest BCUT2D eigenvalue weighted by Crippen LogP contribution is 2.33. The summed E-state index contributed by atoms with van der Waals surface area (Å²) in [6.07, 6.45) is 22.5. The van der Waals surface area contributed by atoms with Gasteiger partial charge in [-0.25, -0.2) is 0 Å². The second-order valence-electron chi connectivity index (χ2n) is 28.5. The molecular weight excluding hydrogens is 1600 g/mol. The Bertz CT molecular complexity index is 6040. The summed E-state index contributed by atoms with van der Waals surface area (Å²) in [7, 11) is 2.15. The van der Waals surface area contributed by atoms with Crippen LogP contribution < -0.4 is 21.3 Å². The summed E-state index contributed by atoms with van der Waals surface area (Å²) in [5, 5.41) is 56.2. The number of nitrogens with zero attached hydrogens (tertiary/aromatic N) is 19. The minimum atomic E-state index is -4.40. The maximum absolute atomic E-state index is 12.9. The van der Waals surface area contributed by atoms with Crippen molar-refractivity contribution in [2.24, 2.45) is 0 Å². The van der Waals surface area contributed by atoms with Crippen LogP contribution in [0, 0.1) is 0 Å². The lowest BCUT2D eigenvalue weighted by Gasteiger charge is -2.32. The molecule has 16 aromatic rings. The van der Waals surface area contributed by atoms with E-state index in [2.05, 4.69) is 119 Å². The monoisotopic (exact) mass is 1690 g/mol. The zero-order valence-electron chi connectivity index (χ0n) is 67.2. The van der Waals surface area contributed by atoms with E-state index in [-0.39, 0.29) is 60.0 Å². The Hall–Kier alpha value is -15.1. The van der Waals surface area contributed by atoms with E-state index in [9.17, 15) is 32.3 Å². The predicted molar refractivity (Wildman–Crippen MR) is 447 cm³/mol. The average Bonchev–Trinajstić information content (AvgIpc) is 1.67.